The fourth-order valence-corrected chi connectivity index (χ4v) is 4.06. The second-order valence-corrected chi connectivity index (χ2v) is 9.50. The summed E-state index contributed by atoms with van der Waals surface area (Å²) in [6.07, 6.45) is 1.25. The molecule has 1 unspecified atom stereocenters. The van der Waals surface area contributed by atoms with Crippen LogP contribution < -0.4 is 10.6 Å². The van der Waals surface area contributed by atoms with Crippen molar-refractivity contribution in [1.29, 1.82) is 0 Å². The smallest absolute Gasteiger partial charge is 0.191 e. The van der Waals surface area contributed by atoms with E-state index in [0.717, 1.165) is 30.2 Å². The van der Waals surface area contributed by atoms with E-state index in [1.807, 2.05) is 31.2 Å². The van der Waals surface area contributed by atoms with Crippen LogP contribution in [0.25, 0.3) is 0 Å². The average Bonchev–Trinajstić information content (AvgIpc) is 3.11. The minimum atomic E-state index is -3.00. The summed E-state index contributed by atoms with van der Waals surface area (Å²) in [6.45, 7) is 6.40. The molecule has 1 heterocycles. The molecule has 0 radical (unpaired) electrons. The van der Waals surface area contributed by atoms with Crippen LogP contribution in [0.1, 0.15) is 35.8 Å². The summed E-state index contributed by atoms with van der Waals surface area (Å²) >= 11 is 1.77. The molecule has 0 aliphatic carbocycles. The largest absolute Gasteiger partial charge is 0.357 e. The van der Waals surface area contributed by atoms with Gasteiger partial charge in [-0.1, -0.05) is 37.3 Å². The molecule has 2 aromatic rings. The number of hydrogen-bond donors (Lipinski definition) is 2. The lowest BCUT2D eigenvalue weighted by Crippen LogP contribution is -2.39. The highest BCUT2D eigenvalue weighted by Gasteiger charge is 2.08. The Labute approximate surface area is 160 Å². The minimum Gasteiger partial charge on any atom is -0.357 e. The summed E-state index contributed by atoms with van der Waals surface area (Å²) in [5, 5.41) is 8.74. The predicted molar refractivity (Wildman–Crippen MR) is 111 cm³/mol. The van der Waals surface area contributed by atoms with E-state index in [-0.39, 0.29) is 5.75 Å². The molecule has 7 heteroatoms. The molecule has 2 rings (SSSR count). The highest BCUT2D eigenvalue weighted by molar-refractivity contribution is 7.89. The van der Waals surface area contributed by atoms with Gasteiger partial charge in [-0.2, -0.15) is 0 Å². The van der Waals surface area contributed by atoms with Gasteiger partial charge in [-0.3, -0.25) is 0 Å². The standard InChI is InChI=1S/C19H27N3O2S2/c1-4-20-19(21-12-15(2)18-6-5-11-25-18)22-13-16-7-9-17(10-8-16)14-26(3,23)24/h5-11,15H,4,12-14H2,1-3H3,(H2,20,21,22). The van der Waals surface area contributed by atoms with Crippen LogP contribution in [0.15, 0.2) is 46.8 Å². The lowest BCUT2D eigenvalue weighted by atomic mass is 10.1. The maximum absolute atomic E-state index is 11.3. The molecule has 0 aliphatic rings. The van der Waals surface area contributed by atoms with E-state index in [1.165, 1.54) is 11.1 Å². The molecule has 0 saturated heterocycles. The molecule has 1 aromatic heterocycles. The SMILES string of the molecule is CCNC(=NCc1ccc(CS(C)(=O)=O)cc1)NCC(C)c1cccs1. The minimum absolute atomic E-state index is 0.0708. The number of benzene rings is 1. The Morgan fingerprint density at radius 1 is 1.15 bits per heavy atom. The molecule has 0 spiro atoms. The Morgan fingerprint density at radius 2 is 1.85 bits per heavy atom. The van der Waals surface area contributed by atoms with Crippen LogP contribution in [-0.4, -0.2) is 33.7 Å². The Hall–Kier alpha value is -1.86. The zero-order valence-electron chi connectivity index (χ0n) is 15.5. The van der Waals surface area contributed by atoms with Gasteiger partial charge in [0.2, 0.25) is 0 Å². The molecular weight excluding hydrogens is 366 g/mol. The second kappa shape index (κ2) is 9.73. The van der Waals surface area contributed by atoms with Crippen LogP contribution in [0, 0.1) is 0 Å². The highest BCUT2D eigenvalue weighted by Crippen LogP contribution is 2.19. The first-order valence-corrected chi connectivity index (χ1v) is 11.6. The molecule has 0 saturated carbocycles. The van der Waals surface area contributed by atoms with E-state index in [1.54, 1.807) is 11.3 Å². The fraction of sp³-hybridized carbons (Fsp3) is 0.421. The number of nitrogens with one attached hydrogen (secondary N) is 2. The van der Waals surface area contributed by atoms with Gasteiger partial charge in [-0.15, -0.1) is 11.3 Å². The zero-order chi connectivity index (χ0) is 19.0. The van der Waals surface area contributed by atoms with Crippen molar-refractivity contribution in [3.05, 3.63) is 57.8 Å². The van der Waals surface area contributed by atoms with Crippen molar-refractivity contribution < 1.29 is 8.42 Å². The molecule has 1 aromatic carbocycles. The third-order valence-corrected chi connectivity index (χ3v) is 5.78. The van der Waals surface area contributed by atoms with Crippen LogP contribution in [0.5, 0.6) is 0 Å². The number of sulfone groups is 1. The quantitative estimate of drug-likeness (QED) is 0.534. The van der Waals surface area contributed by atoms with Gasteiger partial charge in [0.25, 0.3) is 0 Å². The maximum atomic E-state index is 11.3. The molecule has 0 bridgehead atoms. The molecule has 0 aliphatic heterocycles. The van der Waals surface area contributed by atoms with Crippen molar-refractivity contribution >= 4 is 27.1 Å². The van der Waals surface area contributed by atoms with E-state index in [9.17, 15) is 8.42 Å². The van der Waals surface area contributed by atoms with Crippen molar-refractivity contribution in [3.63, 3.8) is 0 Å². The second-order valence-electron chi connectivity index (χ2n) is 6.38. The van der Waals surface area contributed by atoms with Gasteiger partial charge in [0.05, 0.1) is 12.3 Å². The third-order valence-electron chi connectivity index (χ3n) is 3.82. The highest BCUT2D eigenvalue weighted by atomic mass is 32.2. The van der Waals surface area contributed by atoms with Gasteiger partial charge in [-0.05, 0) is 29.5 Å². The van der Waals surface area contributed by atoms with E-state index in [0.29, 0.717) is 12.5 Å². The summed E-state index contributed by atoms with van der Waals surface area (Å²) in [5.74, 6) is 1.28. The monoisotopic (exact) mass is 393 g/mol. The van der Waals surface area contributed by atoms with Crippen LogP contribution in [-0.2, 0) is 22.1 Å². The zero-order valence-corrected chi connectivity index (χ0v) is 17.2. The maximum Gasteiger partial charge on any atom is 0.191 e. The average molecular weight is 394 g/mol. The molecule has 1 atom stereocenters. The van der Waals surface area contributed by atoms with E-state index >= 15 is 0 Å². The van der Waals surface area contributed by atoms with Crippen LogP contribution in [0.2, 0.25) is 0 Å². The number of guanidine groups is 1. The van der Waals surface area contributed by atoms with Crippen molar-refractivity contribution in [2.24, 2.45) is 4.99 Å². The van der Waals surface area contributed by atoms with Crippen LogP contribution in [0.3, 0.4) is 0 Å². The summed E-state index contributed by atoms with van der Waals surface area (Å²) < 4.78 is 22.7. The van der Waals surface area contributed by atoms with Crippen molar-refractivity contribution in [3.8, 4) is 0 Å². The van der Waals surface area contributed by atoms with E-state index < -0.39 is 9.84 Å². The Balaban J connectivity index is 1.93. The topological polar surface area (TPSA) is 70.6 Å². The predicted octanol–water partition coefficient (Wildman–Crippen LogP) is 3.15. The first-order valence-electron chi connectivity index (χ1n) is 8.68. The van der Waals surface area contributed by atoms with Gasteiger partial charge in [-0.25, -0.2) is 13.4 Å². The van der Waals surface area contributed by atoms with Crippen molar-refractivity contribution in [2.75, 3.05) is 19.3 Å². The van der Waals surface area contributed by atoms with Gasteiger partial charge < -0.3 is 10.6 Å². The van der Waals surface area contributed by atoms with Gasteiger partial charge >= 0.3 is 0 Å². The first kappa shape index (κ1) is 20.5. The molecule has 142 valence electrons. The molecule has 0 fully saturated rings. The number of hydrogen-bond acceptors (Lipinski definition) is 4. The number of thiophene rings is 1. The van der Waals surface area contributed by atoms with Crippen molar-refractivity contribution in [2.45, 2.75) is 32.1 Å². The summed E-state index contributed by atoms with van der Waals surface area (Å²) in [5.41, 5.74) is 1.85. The number of rotatable bonds is 8. The third kappa shape index (κ3) is 7.17. The molecule has 5 nitrogen and oxygen atoms in total. The summed E-state index contributed by atoms with van der Waals surface area (Å²) in [6, 6.07) is 11.8. The fourth-order valence-electron chi connectivity index (χ4n) is 2.48. The van der Waals surface area contributed by atoms with Gasteiger partial charge in [0.15, 0.2) is 15.8 Å². The van der Waals surface area contributed by atoms with E-state index in [2.05, 4.69) is 40.1 Å². The Kier molecular flexibility index (Phi) is 7.66. The van der Waals surface area contributed by atoms with Crippen molar-refractivity contribution in [1.82, 2.24) is 10.6 Å². The summed E-state index contributed by atoms with van der Waals surface area (Å²) in [4.78, 5) is 5.98. The Bertz CT molecular complexity index is 798. The van der Waals surface area contributed by atoms with Crippen LogP contribution >= 0.6 is 11.3 Å². The molecular formula is C19H27N3O2S2. The number of aliphatic imine (C=N–C) groups is 1. The lowest BCUT2D eigenvalue weighted by Gasteiger charge is -2.15. The molecule has 26 heavy (non-hydrogen) atoms. The molecule has 0 amide bonds. The molecule has 2 N–H and O–H groups in total. The Morgan fingerprint density at radius 3 is 2.42 bits per heavy atom. The van der Waals surface area contributed by atoms with Gasteiger partial charge in [0, 0.05) is 30.1 Å². The lowest BCUT2D eigenvalue weighted by molar-refractivity contribution is 0.601. The summed E-state index contributed by atoms with van der Waals surface area (Å²) in [7, 11) is -3.00. The van der Waals surface area contributed by atoms with Crippen LogP contribution in [0.4, 0.5) is 0 Å². The van der Waals surface area contributed by atoms with Gasteiger partial charge in [0.1, 0.15) is 0 Å². The normalized spacial score (nSPS) is 13.4. The van der Waals surface area contributed by atoms with E-state index in [4.69, 9.17) is 0 Å². The first-order chi connectivity index (χ1) is 12.4. The number of nitrogens with zero attached hydrogens (tertiary/aromatic N) is 1.